The van der Waals surface area contributed by atoms with Crippen LogP contribution in [0.15, 0.2) is 30.3 Å². The van der Waals surface area contributed by atoms with Gasteiger partial charge in [-0.25, -0.2) is 0 Å². The van der Waals surface area contributed by atoms with Gasteiger partial charge in [0.25, 0.3) is 0 Å². The molecule has 0 saturated carbocycles. The zero-order valence-electron chi connectivity index (χ0n) is 10.2. The summed E-state index contributed by atoms with van der Waals surface area (Å²) in [5.74, 6) is 0. The lowest BCUT2D eigenvalue weighted by molar-refractivity contribution is 0.267. The fourth-order valence-corrected chi connectivity index (χ4v) is 2.01. The largest absolute Gasteiger partial charge is 0.306 e. The number of hydrogen-bond donors (Lipinski definition) is 0. The van der Waals surface area contributed by atoms with Crippen LogP contribution in [-0.4, -0.2) is 25.0 Å². The van der Waals surface area contributed by atoms with Crippen molar-refractivity contribution < 1.29 is 0 Å². The molecule has 1 aromatic rings. The van der Waals surface area contributed by atoms with Crippen LogP contribution >= 0.6 is 0 Å². The maximum atomic E-state index is 2.34. The Morgan fingerprint density at radius 1 is 1.13 bits per heavy atom. The molecule has 0 fully saturated rings. The van der Waals surface area contributed by atoms with Gasteiger partial charge in [0.15, 0.2) is 0 Å². The number of aryl methyl sites for hydroxylation is 1. The molecule has 1 nitrogen and oxygen atoms in total. The number of rotatable bonds is 6. The average Bonchev–Trinajstić information content (AvgIpc) is 2.25. The van der Waals surface area contributed by atoms with E-state index in [2.05, 4.69) is 56.3 Å². The first-order valence-corrected chi connectivity index (χ1v) is 5.94. The highest BCUT2D eigenvalue weighted by molar-refractivity contribution is 5.14. The van der Waals surface area contributed by atoms with Crippen LogP contribution < -0.4 is 0 Å². The molecule has 1 atom stereocenters. The SMILES string of the molecule is CCC(CCCc1ccccc1)N(C)C. The molecule has 84 valence electrons. The van der Waals surface area contributed by atoms with Crippen molar-refractivity contribution in [2.24, 2.45) is 0 Å². The lowest BCUT2D eigenvalue weighted by Crippen LogP contribution is -2.27. The van der Waals surface area contributed by atoms with Gasteiger partial charge in [0.2, 0.25) is 0 Å². The smallest absolute Gasteiger partial charge is 0.00866 e. The quantitative estimate of drug-likeness (QED) is 0.688. The first kappa shape index (κ1) is 12.3. The molecule has 15 heavy (non-hydrogen) atoms. The molecule has 1 heteroatoms. The lowest BCUT2D eigenvalue weighted by Gasteiger charge is -2.22. The van der Waals surface area contributed by atoms with Crippen molar-refractivity contribution in [3.8, 4) is 0 Å². The van der Waals surface area contributed by atoms with Crippen LogP contribution in [0.3, 0.4) is 0 Å². The summed E-state index contributed by atoms with van der Waals surface area (Å²) in [5.41, 5.74) is 1.46. The third kappa shape index (κ3) is 4.48. The van der Waals surface area contributed by atoms with E-state index in [4.69, 9.17) is 0 Å². The van der Waals surface area contributed by atoms with Gasteiger partial charge in [0, 0.05) is 6.04 Å². The molecule has 0 saturated heterocycles. The minimum atomic E-state index is 0.744. The second-order valence-electron chi connectivity index (χ2n) is 4.40. The molecular weight excluding hydrogens is 182 g/mol. The number of nitrogens with zero attached hydrogens (tertiary/aromatic N) is 1. The van der Waals surface area contributed by atoms with Gasteiger partial charge in [-0.15, -0.1) is 0 Å². The Bertz CT molecular complexity index is 253. The molecule has 0 radical (unpaired) electrons. The summed E-state index contributed by atoms with van der Waals surface area (Å²) in [4.78, 5) is 2.34. The Hall–Kier alpha value is -0.820. The molecular formula is C14H23N. The Kier molecular flexibility index (Phi) is 5.41. The summed E-state index contributed by atoms with van der Waals surface area (Å²) in [6.07, 6.45) is 5.06. The zero-order valence-corrected chi connectivity index (χ0v) is 10.2. The molecule has 0 N–H and O–H groups in total. The third-order valence-electron chi connectivity index (χ3n) is 3.05. The highest BCUT2D eigenvalue weighted by Gasteiger charge is 2.07. The minimum Gasteiger partial charge on any atom is -0.306 e. The highest BCUT2D eigenvalue weighted by atomic mass is 15.1. The van der Waals surface area contributed by atoms with Crippen LogP contribution in [0.4, 0.5) is 0 Å². The van der Waals surface area contributed by atoms with Gasteiger partial charge in [-0.1, -0.05) is 37.3 Å². The molecule has 0 amide bonds. The summed E-state index contributed by atoms with van der Waals surface area (Å²) in [6.45, 7) is 2.27. The Labute approximate surface area is 94.1 Å². The van der Waals surface area contributed by atoms with Crippen molar-refractivity contribution in [3.05, 3.63) is 35.9 Å². The Morgan fingerprint density at radius 2 is 1.80 bits per heavy atom. The van der Waals surface area contributed by atoms with Crippen molar-refractivity contribution in [1.29, 1.82) is 0 Å². The molecule has 1 unspecified atom stereocenters. The first-order valence-electron chi connectivity index (χ1n) is 5.94. The van der Waals surface area contributed by atoms with Crippen molar-refractivity contribution in [2.75, 3.05) is 14.1 Å². The van der Waals surface area contributed by atoms with E-state index in [9.17, 15) is 0 Å². The molecule has 0 aromatic heterocycles. The van der Waals surface area contributed by atoms with E-state index >= 15 is 0 Å². The van der Waals surface area contributed by atoms with E-state index in [-0.39, 0.29) is 0 Å². The number of hydrogen-bond acceptors (Lipinski definition) is 1. The highest BCUT2D eigenvalue weighted by Crippen LogP contribution is 2.11. The lowest BCUT2D eigenvalue weighted by atomic mass is 10.0. The molecule has 1 aromatic carbocycles. The van der Waals surface area contributed by atoms with Gasteiger partial charge in [0.05, 0.1) is 0 Å². The fraction of sp³-hybridized carbons (Fsp3) is 0.571. The van der Waals surface area contributed by atoms with Gasteiger partial charge in [0.1, 0.15) is 0 Å². The van der Waals surface area contributed by atoms with Gasteiger partial charge in [-0.2, -0.15) is 0 Å². The van der Waals surface area contributed by atoms with Crippen LogP contribution in [0.2, 0.25) is 0 Å². The standard InChI is InChI=1S/C14H23N/c1-4-14(15(2)3)12-8-11-13-9-6-5-7-10-13/h5-7,9-10,14H,4,8,11-12H2,1-3H3. The molecule has 0 aliphatic rings. The molecule has 0 bridgehead atoms. The van der Waals surface area contributed by atoms with Crippen LogP contribution in [-0.2, 0) is 6.42 Å². The Morgan fingerprint density at radius 3 is 2.33 bits per heavy atom. The Balaban J connectivity index is 2.27. The van der Waals surface area contributed by atoms with Crippen LogP contribution in [0.1, 0.15) is 31.7 Å². The van der Waals surface area contributed by atoms with Crippen molar-refractivity contribution in [2.45, 2.75) is 38.6 Å². The maximum absolute atomic E-state index is 2.34. The monoisotopic (exact) mass is 205 g/mol. The van der Waals surface area contributed by atoms with E-state index in [1.54, 1.807) is 0 Å². The zero-order chi connectivity index (χ0) is 11.1. The van der Waals surface area contributed by atoms with Crippen molar-refractivity contribution in [3.63, 3.8) is 0 Å². The van der Waals surface area contributed by atoms with Gasteiger partial charge < -0.3 is 4.90 Å². The van der Waals surface area contributed by atoms with Gasteiger partial charge >= 0.3 is 0 Å². The van der Waals surface area contributed by atoms with E-state index < -0.39 is 0 Å². The van der Waals surface area contributed by atoms with E-state index in [1.165, 1.54) is 31.2 Å². The molecule has 0 spiro atoms. The van der Waals surface area contributed by atoms with E-state index in [0.29, 0.717) is 0 Å². The van der Waals surface area contributed by atoms with E-state index in [1.807, 2.05) is 0 Å². The van der Waals surface area contributed by atoms with Gasteiger partial charge in [-0.3, -0.25) is 0 Å². The summed E-state index contributed by atoms with van der Waals surface area (Å²) in [5, 5.41) is 0. The molecule has 1 rings (SSSR count). The van der Waals surface area contributed by atoms with Crippen molar-refractivity contribution in [1.82, 2.24) is 4.90 Å². The van der Waals surface area contributed by atoms with Gasteiger partial charge in [-0.05, 0) is 45.3 Å². The molecule has 0 heterocycles. The van der Waals surface area contributed by atoms with Crippen LogP contribution in [0, 0.1) is 0 Å². The van der Waals surface area contributed by atoms with Crippen LogP contribution in [0.5, 0.6) is 0 Å². The molecule has 0 aliphatic carbocycles. The van der Waals surface area contributed by atoms with Crippen molar-refractivity contribution >= 4 is 0 Å². The summed E-state index contributed by atoms with van der Waals surface area (Å²) >= 11 is 0. The predicted octanol–water partition coefficient (Wildman–Crippen LogP) is 3.35. The second-order valence-corrected chi connectivity index (χ2v) is 4.40. The third-order valence-corrected chi connectivity index (χ3v) is 3.05. The van der Waals surface area contributed by atoms with Crippen LogP contribution in [0.25, 0.3) is 0 Å². The first-order chi connectivity index (χ1) is 7.24. The summed E-state index contributed by atoms with van der Waals surface area (Å²) < 4.78 is 0. The average molecular weight is 205 g/mol. The van der Waals surface area contributed by atoms with E-state index in [0.717, 1.165) is 6.04 Å². The fourth-order valence-electron chi connectivity index (χ4n) is 2.01. The topological polar surface area (TPSA) is 3.24 Å². The molecule has 0 aliphatic heterocycles. The maximum Gasteiger partial charge on any atom is 0.00866 e. The summed E-state index contributed by atoms with van der Waals surface area (Å²) in [6, 6.07) is 11.5. The predicted molar refractivity (Wildman–Crippen MR) is 67.1 cm³/mol. The minimum absolute atomic E-state index is 0.744. The summed E-state index contributed by atoms with van der Waals surface area (Å²) in [7, 11) is 4.35. The second kappa shape index (κ2) is 6.62. The normalized spacial score (nSPS) is 13.1. The number of benzene rings is 1.